The average Bonchev–Trinajstić information content (AvgIpc) is 2.80. The molecule has 0 N–H and O–H groups in total. The summed E-state index contributed by atoms with van der Waals surface area (Å²) in [5, 5.41) is 0. The van der Waals surface area contributed by atoms with E-state index in [1.54, 1.807) is 0 Å². The maximum absolute atomic E-state index is 6.09. The summed E-state index contributed by atoms with van der Waals surface area (Å²) in [6.07, 6.45) is 15.2. The van der Waals surface area contributed by atoms with E-state index in [0.29, 0.717) is 0 Å². The molecule has 2 rings (SSSR count). The summed E-state index contributed by atoms with van der Waals surface area (Å²) in [4.78, 5) is 0. The van der Waals surface area contributed by atoms with E-state index in [4.69, 9.17) is 9.47 Å². The minimum absolute atomic E-state index is 0.765. The van der Waals surface area contributed by atoms with Gasteiger partial charge < -0.3 is 9.47 Å². The van der Waals surface area contributed by atoms with Crippen LogP contribution in [0.2, 0.25) is 0 Å². The van der Waals surface area contributed by atoms with Crippen molar-refractivity contribution >= 4 is 31.9 Å². The summed E-state index contributed by atoms with van der Waals surface area (Å²) >= 11 is 7.28. The van der Waals surface area contributed by atoms with Gasteiger partial charge in [-0.1, -0.05) is 90.2 Å². The highest BCUT2D eigenvalue weighted by Crippen LogP contribution is 2.35. The van der Waals surface area contributed by atoms with E-state index in [1.165, 1.54) is 64.2 Å². The van der Waals surface area contributed by atoms with E-state index >= 15 is 0 Å². The van der Waals surface area contributed by atoms with Crippen LogP contribution in [-0.2, 0) is 0 Å². The molecule has 0 saturated carbocycles. The summed E-state index contributed by atoms with van der Waals surface area (Å²) in [6.45, 7) is 6.04. The van der Waals surface area contributed by atoms with Gasteiger partial charge in [0.2, 0.25) is 0 Å². The quantitative estimate of drug-likeness (QED) is 0.177. The van der Waals surface area contributed by atoms with E-state index < -0.39 is 0 Å². The molecule has 0 spiro atoms. The van der Waals surface area contributed by atoms with Gasteiger partial charge in [0.25, 0.3) is 0 Å². The summed E-state index contributed by atoms with van der Waals surface area (Å²) in [6, 6.07) is 12.7. The minimum atomic E-state index is 0.765. The van der Waals surface area contributed by atoms with Crippen molar-refractivity contribution in [2.75, 3.05) is 13.2 Å². The van der Waals surface area contributed by atoms with Crippen molar-refractivity contribution in [2.24, 2.45) is 0 Å². The Morgan fingerprint density at radius 3 is 1.31 bits per heavy atom. The van der Waals surface area contributed by atoms with Crippen LogP contribution in [0.3, 0.4) is 0 Å². The molecule has 178 valence electrons. The molecule has 2 aromatic carbocycles. The molecular formula is C28H40Br2O2. The Bertz CT molecular complexity index is 711. The minimum Gasteiger partial charge on any atom is -0.492 e. The maximum atomic E-state index is 6.09. The second kappa shape index (κ2) is 16.6. The molecule has 32 heavy (non-hydrogen) atoms. The highest BCUT2D eigenvalue weighted by atomic mass is 79.9. The fraction of sp³-hybridized carbons (Fsp3) is 0.571. The lowest BCUT2D eigenvalue weighted by Gasteiger charge is -2.13. The molecule has 0 aliphatic heterocycles. The van der Waals surface area contributed by atoms with Gasteiger partial charge in [0.1, 0.15) is 11.5 Å². The molecule has 0 amide bonds. The van der Waals surface area contributed by atoms with Crippen LogP contribution in [-0.4, -0.2) is 13.2 Å². The normalized spacial score (nSPS) is 11.0. The van der Waals surface area contributed by atoms with Crippen molar-refractivity contribution in [1.82, 2.24) is 0 Å². The van der Waals surface area contributed by atoms with Gasteiger partial charge in [-0.3, -0.25) is 0 Å². The Morgan fingerprint density at radius 2 is 0.906 bits per heavy atom. The Morgan fingerprint density at radius 1 is 0.531 bits per heavy atom. The fourth-order valence-corrected chi connectivity index (χ4v) is 4.44. The van der Waals surface area contributed by atoms with Gasteiger partial charge in [0.15, 0.2) is 0 Å². The van der Waals surface area contributed by atoms with Crippen LogP contribution in [0, 0.1) is 0 Å². The number of hydrogen-bond donors (Lipinski definition) is 0. The summed E-state index contributed by atoms with van der Waals surface area (Å²) in [5.41, 5.74) is 2.28. The van der Waals surface area contributed by atoms with Crippen molar-refractivity contribution in [2.45, 2.75) is 90.9 Å². The topological polar surface area (TPSA) is 18.5 Å². The number of rotatable bonds is 17. The number of halogens is 2. The van der Waals surface area contributed by atoms with Crippen LogP contribution in [0.25, 0.3) is 11.1 Å². The summed E-state index contributed by atoms with van der Waals surface area (Å²) < 4.78 is 14.2. The zero-order chi connectivity index (χ0) is 23.0. The third kappa shape index (κ3) is 10.3. The number of unbranched alkanes of at least 4 members (excludes halogenated alkanes) is 10. The van der Waals surface area contributed by atoms with E-state index in [2.05, 4.69) is 82.1 Å². The lowest BCUT2D eigenvalue weighted by molar-refractivity contribution is 0.302. The molecule has 0 radical (unpaired) electrons. The fourth-order valence-electron chi connectivity index (χ4n) is 3.72. The second-order valence-corrected chi connectivity index (χ2v) is 10.2. The van der Waals surface area contributed by atoms with Crippen LogP contribution in [0.5, 0.6) is 11.5 Å². The van der Waals surface area contributed by atoms with Gasteiger partial charge in [0.05, 0.1) is 22.2 Å². The average molecular weight is 568 g/mol. The Hall–Kier alpha value is -1.00. The van der Waals surface area contributed by atoms with Crippen molar-refractivity contribution in [3.05, 3.63) is 45.3 Å². The third-order valence-corrected chi connectivity index (χ3v) is 7.02. The molecule has 2 nitrogen and oxygen atoms in total. The summed E-state index contributed by atoms with van der Waals surface area (Å²) in [5.74, 6) is 1.82. The first-order chi connectivity index (χ1) is 15.7. The van der Waals surface area contributed by atoms with Gasteiger partial charge in [-0.2, -0.15) is 0 Å². The van der Waals surface area contributed by atoms with Crippen molar-refractivity contribution < 1.29 is 9.47 Å². The highest BCUT2D eigenvalue weighted by Gasteiger charge is 2.09. The van der Waals surface area contributed by atoms with E-state index in [1.807, 2.05) is 0 Å². The predicted octanol–water partition coefficient (Wildman–Crippen LogP) is 10.4. The second-order valence-electron chi connectivity index (χ2n) is 8.52. The third-order valence-electron chi connectivity index (χ3n) is 5.71. The van der Waals surface area contributed by atoms with Crippen molar-refractivity contribution in [1.29, 1.82) is 0 Å². The molecule has 0 atom stereocenters. The molecule has 0 saturated heterocycles. The van der Waals surface area contributed by atoms with E-state index in [-0.39, 0.29) is 0 Å². The maximum Gasteiger partial charge on any atom is 0.134 e. The molecule has 0 bridgehead atoms. The first kappa shape index (κ1) is 27.2. The molecule has 0 fully saturated rings. The summed E-state index contributed by atoms with van der Waals surface area (Å²) in [7, 11) is 0. The zero-order valence-corrected chi connectivity index (χ0v) is 23.1. The number of ether oxygens (including phenoxy) is 2. The van der Waals surface area contributed by atoms with E-state index in [0.717, 1.165) is 57.6 Å². The molecular weight excluding hydrogens is 528 g/mol. The molecule has 2 aromatic rings. The number of hydrogen-bond acceptors (Lipinski definition) is 2. The molecule has 0 aliphatic rings. The smallest absolute Gasteiger partial charge is 0.134 e. The van der Waals surface area contributed by atoms with Crippen molar-refractivity contribution in [3.63, 3.8) is 0 Å². The lowest BCUT2D eigenvalue weighted by atomic mass is 10.1. The first-order valence-corrected chi connectivity index (χ1v) is 14.1. The van der Waals surface area contributed by atoms with E-state index in [9.17, 15) is 0 Å². The van der Waals surface area contributed by atoms with Gasteiger partial charge in [-0.25, -0.2) is 0 Å². The largest absolute Gasteiger partial charge is 0.492 e. The van der Waals surface area contributed by atoms with Crippen molar-refractivity contribution in [3.8, 4) is 22.6 Å². The Labute approximate surface area is 212 Å². The molecule has 0 heterocycles. The van der Waals surface area contributed by atoms with Crippen LogP contribution in [0.1, 0.15) is 90.9 Å². The highest BCUT2D eigenvalue weighted by molar-refractivity contribution is 9.10. The Balaban J connectivity index is 1.89. The predicted molar refractivity (Wildman–Crippen MR) is 145 cm³/mol. The van der Waals surface area contributed by atoms with Crippen LogP contribution >= 0.6 is 31.9 Å². The van der Waals surface area contributed by atoms with Gasteiger partial charge in [0, 0.05) is 0 Å². The van der Waals surface area contributed by atoms with Gasteiger partial charge in [-0.15, -0.1) is 0 Å². The van der Waals surface area contributed by atoms with Crippen LogP contribution in [0.4, 0.5) is 0 Å². The van der Waals surface area contributed by atoms with Crippen LogP contribution < -0.4 is 9.47 Å². The lowest BCUT2D eigenvalue weighted by Crippen LogP contribution is -1.99. The Kier molecular flexibility index (Phi) is 14.1. The first-order valence-electron chi connectivity index (χ1n) is 12.5. The van der Waals surface area contributed by atoms with Gasteiger partial charge >= 0.3 is 0 Å². The molecule has 0 unspecified atom stereocenters. The number of benzene rings is 2. The molecule has 0 aromatic heterocycles. The zero-order valence-electron chi connectivity index (χ0n) is 19.9. The molecule has 0 aliphatic carbocycles. The standard InChI is InChI=1S/C28H40Br2O2/c1-3-5-7-9-11-13-19-31-27-21-23(15-17-25(27)29)24-16-18-26(30)28(22-24)32-20-14-12-10-8-6-4-2/h15-18,21-22H,3-14,19-20H2,1-2H3. The van der Waals surface area contributed by atoms with Crippen LogP contribution in [0.15, 0.2) is 45.3 Å². The SMILES string of the molecule is CCCCCCCCOc1cc(-c2ccc(Br)c(OCCCCCCCC)c2)ccc1Br. The van der Waals surface area contributed by atoms with Gasteiger partial charge in [-0.05, 0) is 80.1 Å². The molecule has 4 heteroatoms. The monoisotopic (exact) mass is 566 g/mol.